The maximum absolute atomic E-state index is 12.8. The van der Waals surface area contributed by atoms with Gasteiger partial charge in [-0.15, -0.1) is 0 Å². The summed E-state index contributed by atoms with van der Waals surface area (Å²) in [6.45, 7) is 0. The van der Waals surface area contributed by atoms with E-state index in [9.17, 15) is 9.59 Å². The average molecular weight is 350 g/mol. The highest BCUT2D eigenvalue weighted by Crippen LogP contribution is 2.42. The molecule has 1 aliphatic heterocycles. The Morgan fingerprint density at radius 2 is 2.04 bits per heavy atom. The lowest BCUT2D eigenvalue weighted by Crippen LogP contribution is -2.29. The SMILES string of the molecule is COC(=O)C1=C(N)Oc2c(oc3ccccc3c2=O)C1c1cccnc1. The molecular weight excluding hydrogens is 336 g/mol. The second-order valence-electron chi connectivity index (χ2n) is 5.71. The molecule has 1 unspecified atom stereocenters. The van der Waals surface area contributed by atoms with Gasteiger partial charge in [0, 0.05) is 12.4 Å². The summed E-state index contributed by atoms with van der Waals surface area (Å²) >= 11 is 0. The number of carbonyl (C=O) groups excluding carboxylic acids is 1. The van der Waals surface area contributed by atoms with Crippen LogP contribution in [-0.2, 0) is 9.53 Å². The molecule has 7 heteroatoms. The number of hydrogen-bond donors (Lipinski definition) is 1. The van der Waals surface area contributed by atoms with E-state index in [-0.39, 0.29) is 28.4 Å². The van der Waals surface area contributed by atoms with Crippen molar-refractivity contribution in [3.8, 4) is 5.75 Å². The summed E-state index contributed by atoms with van der Waals surface area (Å²) in [6, 6.07) is 10.3. The fourth-order valence-electron chi connectivity index (χ4n) is 3.06. The van der Waals surface area contributed by atoms with E-state index in [1.807, 2.05) is 0 Å². The molecule has 7 nitrogen and oxygen atoms in total. The predicted octanol–water partition coefficient (Wildman–Crippen LogP) is 2.06. The van der Waals surface area contributed by atoms with Crippen LogP contribution in [0, 0.1) is 0 Å². The third-order valence-corrected chi connectivity index (χ3v) is 4.23. The summed E-state index contributed by atoms with van der Waals surface area (Å²) in [5.74, 6) is -1.48. The lowest BCUT2D eigenvalue weighted by Gasteiger charge is -2.26. The van der Waals surface area contributed by atoms with Crippen molar-refractivity contribution in [1.82, 2.24) is 4.98 Å². The molecule has 0 fully saturated rings. The maximum atomic E-state index is 12.8. The Morgan fingerprint density at radius 1 is 1.23 bits per heavy atom. The maximum Gasteiger partial charge on any atom is 0.340 e. The van der Waals surface area contributed by atoms with E-state index in [0.29, 0.717) is 16.5 Å². The van der Waals surface area contributed by atoms with Crippen LogP contribution in [0.3, 0.4) is 0 Å². The minimum absolute atomic E-state index is 0.0392. The Bertz CT molecular complexity index is 1100. The number of ether oxygens (including phenoxy) is 2. The summed E-state index contributed by atoms with van der Waals surface area (Å²) < 4.78 is 16.3. The van der Waals surface area contributed by atoms with E-state index < -0.39 is 11.9 Å². The van der Waals surface area contributed by atoms with Crippen molar-refractivity contribution in [2.45, 2.75) is 5.92 Å². The molecule has 0 saturated heterocycles. The van der Waals surface area contributed by atoms with Crippen LogP contribution in [-0.4, -0.2) is 18.1 Å². The number of aromatic nitrogens is 1. The fourth-order valence-corrected chi connectivity index (χ4v) is 3.06. The van der Waals surface area contributed by atoms with E-state index in [4.69, 9.17) is 19.6 Å². The smallest absolute Gasteiger partial charge is 0.340 e. The van der Waals surface area contributed by atoms with Gasteiger partial charge in [-0.25, -0.2) is 4.79 Å². The molecular formula is C19H14N2O5. The molecule has 1 aromatic carbocycles. The molecule has 0 amide bonds. The van der Waals surface area contributed by atoms with Crippen molar-refractivity contribution in [2.24, 2.45) is 5.73 Å². The van der Waals surface area contributed by atoms with Gasteiger partial charge in [0.15, 0.2) is 5.76 Å². The summed E-state index contributed by atoms with van der Waals surface area (Å²) in [5.41, 5.74) is 6.68. The third kappa shape index (κ3) is 2.33. The number of benzene rings is 1. The normalized spacial score (nSPS) is 16.1. The zero-order valence-electron chi connectivity index (χ0n) is 13.8. The van der Waals surface area contributed by atoms with Crippen LogP contribution >= 0.6 is 0 Å². The van der Waals surface area contributed by atoms with Gasteiger partial charge in [-0.1, -0.05) is 18.2 Å². The first kappa shape index (κ1) is 15.9. The van der Waals surface area contributed by atoms with Crippen molar-refractivity contribution >= 4 is 16.9 Å². The van der Waals surface area contributed by atoms with Gasteiger partial charge in [-0.05, 0) is 23.8 Å². The number of pyridine rings is 1. The number of rotatable bonds is 2. The Kier molecular flexibility index (Phi) is 3.69. The first-order valence-corrected chi connectivity index (χ1v) is 7.83. The molecule has 2 N–H and O–H groups in total. The van der Waals surface area contributed by atoms with Crippen molar-refractivity contribution in [1.29, 1.82) is 0 Å². The molecule has 3 heterocycles. The van der Waals surface area contributed by atoms with Crippen LogP contribution in [0.15, 0.2) is 69.5 Å². The zero-order chi connectivity index (χ0) is 18.3. The Balaban J connectivity index is 2.06. The highest BCUT2D eigenvalue weighted by Gasteiger charge is 2.39. The predicted molar refractivity (Wildman–Crippen MR) is 92.4 cm³/mol. The molecule has 0 radical (unpaired) electrons. The van der Waals surface area contributed by atoms with Gasteiger partial charge in [0.2, 0.25) is 17.1 Å². The van der Waals surface area contributed by atoms with E-state index in [1.165, 1.54) is 7.11 Å². The lowest BCUT2D eigenvalue weighted by atomic mass is 9.87. The molecule has 0 saturated carbocycles. The standard InChI is InChI=1S/C19H14N2O5/c1-24-19(23)14-13(10-5-4-8-21-9-10)16-17(26-18(14)20)15(22)11-6-2-3-7-12(11)25-16/h2-9,13H,20H2,1H3. The molecule has 4 rings (SSSR count). The largest absolute Gasteiger partial charge is 0.465 e. The van der Waals surface area contributed by atoms with Gasteiger partial charge in [0.25, 0.3) is 0 Å². The van der Waals surface area contributed by atoms with Gasteiger partial charge in [-0.3, -0.25) is 9.78 Å². The molecule has 26 heavy (non-hydrogen) atoms. The third-order valence-electron chi connectivity index (χ3n) is 4.23. The summed E-state index contributed by atoms with van der Waals surface area (Å²) in [4.78, 5) is 29.3. The number of esters is 1. The number of fused-ring (bicyclic) bond motifs is 2. The number of hydrogen-bond acceptors (Lipinski definition) is 7. The average Bonchev–Trinajstić information content (AvgIpc) is 2.68. The van der Waals surface area contributed by atoms with Crippen LogP contribution in [0.5, 0.6) is 5.75 Å². The highest BCUT2D eigenvalue weighted by molar-refractivity contribution is 5.92. The van der Waals surface area contributed by atoms with E-state index >= 15 is 0 Å². The summed E-state index contributed by atoms with van der Waals surface area (Å²) in [5, 5.41) is 0.366. The monoisotopic (exact) mass is 350 g/mol. The number of para-hydroxylation sites is 1. The molecule has 130 valence electrons. The quantitative estimate of drug-likeness (QED) is 0.705. The topological polar surface area (TPSA) is 105 Å². The van der Waals surface area contributed by atoms with Crippen LogP contribution in [0.1, 0.15) is 17.2 Å². The van der Waals surface area contributed by atoms with Gasteiger partial charge in [-0.2, -0.15) is 0 Å². The summed E-state index contributed by atoms with van der Waals surface area (Å²) in [7, 11) is 1.25. The molecule has 0 spiro atoms. The minimum atomic E-state index is -0.766. The molecule has 1 aliphatic rings. The number of nitrogens with two attached hydrogens (primary N) is 1. The second kappa shape index (κ2) is 6.03. The minimum Gasteiger partial charge on any atom is -0.465 e. The van der Waals surface area contributed by atoms with Gasteiger partial charge in [0.05, 0.1) is 18.4 Å². The Labute approximate surface area is 147 Å². The van der Waals surface area contributed by atoms with Gasteiger partial charge < -0.3 is 19.6 Å². The fraction of sp³-hybridized carbons (Fsp3) is 0.105. The van der Waals surface area contributed by atoms with E-state index in [0.717, 1.165) is 0 Å². The van der Waals surface area contributed by atoms with E-state index in [2.05, 4.69) is 4.98 Å². The van der Waals surface area contributed by atoms with E-state index in [1.54, 1.807) is 48.8 Å². The highest BCUT2D eigenvalue weighted by atomic mass is 16.5. The molecule has 2 aromatic heterocycles. The number of nitrogens with zero attached hydrogens (tertiary/aromatic N) is 1. The summed E-state index contributed by atoms with van der Waals surface area (Å²) in [6.07, 6.45) is 3.18. The first-order chi connectivity index (χ1) is 12.6. The Hall–Kier alpha value is -3.61. The van der Waals surface area contributed by atoms with Crippen LogP contribution in [0.2, 0.25) is 0 Å². The van der Waals surface area contributed by atoms with Crippen molar-refractivity contribution in [2.75, 3.05) is 7.11 Å². The Morgan fingerprint density at radius 3 is 2.77 bits per heavy atom. The molecule has 3 aromatic rings. The first-order valence-electron chi connectivity index (χ1n) is 7.83. The van der Waals surface area contributed by atoms with Crippen LogP contribution < -0.4 is 15.9 Å². The van der Waals surface area contributed by atoms with Crippen molar-refractivity contribution < 1.29 is 18.7 Å². The second-order valence-corrected chi connectivity index (χ2v) is 5.71. The van der Waals surface area contributed by atoms with Crippen LogP contribution in [0.25, 0.3) is 11.0 Å². The number of methoxy groups -OCH3 is 1. The van der Waals surface area contributed by atoms with Gasteiger partial charge >= 0.3 is 5.97 Å². The molecule has 0 aliphatic carbocycles. The van der Waals surface area contributed by atoms with Crippen molar-refractivity contribution in [3.63, 3.8) is 0 Å². The molecule has 0 bridgehead atoms. The number of carbonyl (C=O) groups is 1. The van der Waals surface area contributed by atoms with Crippen molar-refractivity contribution in [3.05, 3.63) is 81.8 Å². The molecule has 1 atom stereocenters. The zero-order valence-corrected chi connectivity index (χ0v) is 13.8. The lowest BCUT2D eigenvalue weighted by molar-refractivity contribution is -0.136. The van der Waals surface area contributed by atoms with Crippen LogP contribution in [0.4, 0.5) is 0 Å². The van der Waals surface area contributed by atoms with Gasteiger partial charge in [0.1, 0.15) is 11.2 Å².